The van der Waals surface area contributed by atoms with Crippen molar-refractivity contribution in [3.8, 4) is 0 Å². The van der Waals surface area contributed by atoms with Crippen molar-refractivity contribution < 1.29 is 4.79 Å². The van der Waals surface area contributed by atoms with E-state index in [9.17, 15) is 4.79 Å². The summed E-state index contributed by atoms with van der Waals surface area (Å²) in [7, 11) is 0. The van der Waals surface area contributed by atoms with Crippen molar-refractivity contribution in [1.29, 1.82) is 0 Å². The van der Waals surface area contributed by atoms with Gasteiger partial charge < -0.3 is 5.32 Å². The van der Waals surface area contributed by atoms with Crippen LogP contribution in [0, 0.1) is 0 Å². The van der Waals surface area contributed by atoms with E-state index >= 15 is 0 Å². The number of thiocarbonyl (C=S) groups is 1. The fraction of sp³-hybridized carbons (Fsp3) is 0.200. The average Bonchev–Trinajstić information content (AvgIpc) is 2.18. The van der Waals surface area contributed by atoms with Gasteiger partial charge in [-0.25, -0.2) is 0 Å². The van der Waals surface area contributed by atoms with Crippen molar-refractivity contribution >= 4 is 34.6 Å². The molecular weight excluding hydrogens is 218 g/mol. The molecule has 0 saturated heterocycles. The summed E-state index contributed by atoms with van der Waals surface area (Å²) in [6.45, 7) is 3.94. The van der Waals surface area contributed by atoms with Crippen molar-refractivity contribution in [2.24, 2.45) is 0 Å². The SMILES string of the molecule is C=CCNC(=O)C1=CC(Cl)=CCC1=S. The molecule has 1 aliphatic rings. The molecule has 0 heterocycles. The summed E-state index contributed by atoms with van der Waals surface area (Å²) in [5, 5.41) is 3.21. The molecule has 1 aliphatic carbocycles. The molecule has 0 bridgehead atoms. The molecule has 0 fully saturated rings. The monoisotopic (exact) mass is 227 g/mol. The number of hydrogen-bond acceptors (Lipinski definition) is 2. The standard InChI is InChI=1S/C10H10ClNOS/c1-2-5-12-10(13)8-6-7(11)3-4-9(8)14/h2-3,6H,1,4-5H2,(H,12,13). The van der Waals surface area contributed by atoms with Gasteiger partial charge in [-0.2, -0.15) is 0 Å². The van der Waals surface area contributed by atoms with E-state index in [1.807, 2.05) is 0 Å². The van der Waals surface area contributed by atoms with Gasteiger partial charge in [-0.05, 0) is 6.08 Å². The van der Waals surface area contributed by atoms with Crippen LogP contribution in [0.1, 0.15) is 6.42 Å². The fourth-order valence-corrected chi connectivity index (χ4v) is 1.45. The van der Waals surface area contributed by atoms with Gasteiger partial charge in [-0.3, -0.25) is 4.79 Å². The van der Waals surface area contributed by atoms with Gasteiger partial charge in [0.15, 0.2) is 0 Å². The Morgan fingerprint density at radius 3 is 3.14 bits per heavy atom. The van der Waals surface area contributed by atoms with Crippen LogP contribution in [0.5, 0.6) is 0 Å². The predicted molar refractivity (Wildman–Crippen MR) is 62.4 cm³/mol. The molecule has 0 spiro atoms. The van der Waals surface area contributed by atoms with Gasteiger partial charge in [0.05, 0.1) is 5.57 Å². The van der Waals surface area contributed by atoms with Gasteiger partial charge in [0.1, 0.15) is 0 Å². The van der Waals surface area contributed by atoms with Crippen LogP contribution in [0.4, 0.5) is 0 Å². The van der Waals surface area contributed by atoms with Crippen molar-refractivity contribution in [3.63, 3.8) is 0 Å². The molecule has 2 nitrogen and oxygen atoms in total. The summed E-state index contributed by atoms with van der Waals surface area (Å²) >= 11 is 10.8. The minimum Gasteiger partial charge on any atom is -0.349 e. The molecule has 1 N–H and O–H groups in total. The van der Waals surface area contributed by atoms with E-state index in [1.165, 1.54) is 0 Å². The van der Waals surface area contributed by atoms with Crippen molar-refractivity contribution in [3.05, 3.63) is 35.4 Å². The van der Waals surface area contributed by atoms with Crippen LogP contribution < -0.4 is 5.32 Å². The molecule has 0 saturated carbocycles. The fourth-order valence-electron chi connectivity index (χ4n) is 1.03. The highest BCUT2D eigenvalue weighted by Gasteiger charge is 2.16. The third kappa shape index (κ3) is 2.79. The van der Waals surface area contributed by atoms with Gasteiger partial charge in [0, 0.05) is 22.9 Å². The molecule has 1 amide bonds. The second-order valence-corrected chi connectivity index (χ2v) is 3.70. The number of amides is 1. The van der Waals surface area contributed by atoms with E-state index in [-0.39, 0.29) is 5.91 Å². The molecule has 1 rings (SSSR count). The number of hydrogen-bond donors (Lipinski definition) is 1. The van der Waals surface area contributed by atoms with E-state index < -0.39 is 0 Å². The Balaban J connectivity index is 2.74. The first-order valence-corrected chi connectivity index (χ1v) is 4.93. The summed E-state index contributed by atoms with van der Waals surface area (Å²) < 4.78 is 0. The number of nitrogens with one attached hydrogen (secondary N) is 1. The van der Waals surface area contributed by atoms with E-state index in [1.54, 1.807) is 18.2 Å². The normalized spacial score (nSPS) is 15.6. The summed E-state index contributed by atoms with van der Waals surface area (Å²) in [6, 6.07) is 0. The van der Waals surface area contributed by atoms with E-state index in [0.29, 0.717) is 28.4 Å². The van der Waals surface area contributed by atoms with Crippen LogP contribution >= 0.6 is 23.8 Å². The molecule has 0 aromatic rings. The third-order valence-electron chi connectivity index (χ3n) is 1.72. The van der Waals surface area contributed by atoms with Crippen LogP contribution in [0.2, 0.25) is 0 Å². The molecule has 4 heteroatoms. The molecule has 0 radical (unpaired) electrons. The van der Waals surface area contributed by atoms with Crippen molar-refractivity contribution in [2.45, 2.75) is 6.42 Å². The van der Waals surface area contributed by atoms with E-state index in [4.69, 9.17) is 23.8 Å². The second kappa shape index (κ2) is 5.08. The molecule has 0 unspecified atom stereocenters. The maximum absolute atomic E-state index is 11.5. The van der Waals surface area contributed by atoms with E-state index in [0.717, 1.165) is 0 Å². The van der Waals surface area contributed by atoms with Crippen LogP contribution in [-0.4, -0.2) is 17.3 Å². The summed E-state index contributed by atoms with van der Waals surface area (Å²) in [6.07, 6.45) is 5.54. The Kier molecular flexibility index (Phi) is 4.04. The zero-order chi connectivity index (χ0) is 10.6. The van der Waals surface area contributed by atoms with E-state index in [2.05, 4.69) is 11.9 Å². The Hall–Kier alpha value is -0.930. The van der Waals surface area contributed by atoms with Gasteiger partial charge in [-0.15, -0.1) is 6.58 Å². The van der Waals surface area contributed by atoms with Crippen molar-refractivity contribution in [2.75, 3.05) is 6.54 Å². The quantitative estimate of drug-likeness (QED) is 0.591. The Labute approximate surface area is 93.3 Å². The highest BCUT2D eigenvalue weighted by atomic mass is 35.5. The number of rotatable bonds is 3. The lowest BCUT2D eigenvalue weighted by atomic mass is 10.0. The maximum atomic E-state index is 11.5. The Bertz CT molecular complexity index is 344. The number of carbonyl (C=O) groups excluding carboxylic acids is 1. The summed E-state index contributed by atoms with van der Waals surface area (Å²) in [4.78, 5) is 12.1. The van der Waals surface area contributed by atoms with Crippen LogP contribution in [-0.2, 0) is 4.79 Å². The smallest absolute Gasteiger partial charge is 0.252 e. The molecular formula is C10H10ClNOS. The summed E-state index contributed by atoms with van der Waals surface area (Å²) in [5.41, 5.74) is 0.481. The largest absolute Gasteiger partial charge is 0.349 e. The molecule has 0 aliphatic heterocycles. The van der Waals surface area contributed by atoms with Gasteiger partial charge in [0.2, 0.25) is 0 Å². The van der Waals surface area contributed by atoms with Gasteiger partial charge in [0.25, 0.3) is 5.91 Å². The highest BCUT2D eigenvalue weighted by Crippen LogP contribution is 2.18. The van der Waals surface area contributed by atoms with Gasteiger partial charge in [-0.1, -0.05) is 36.0 Å². The first-order valence-electron chi connectivity index (χ1n) is 4.15. The molecule has 0 aromatic heterocycles. The first-order chi connectivity index (χ1) is 6.65. The number of halogens is 1. The Morgan fingerprint density at radius 2 is 2.50 bits per heavy atom. The molecule has 0 atom stereocenters. The van der Waals surface area contributed by atoms with Gasteiger partial charge >= 0.3 is 0 Å². The van der Waals surface area contributed by atoms with Crippen LogP contribution in [0.15, 0.2) is 35.4 Å². The molecule has 74 valence electrons. The lowest BCUT2D eigenvalue weighted by Crippen LogP contribution is -2.28. The Morgan fingerprint density at radius 1 is 1.79 bits per heavy atom. The van der Waals surface area contributed by atoms with Crippen LogP contribution in [0.3, 0.4) is 0 Å². The minimum atomic E-state index is -0.193. The lowest BCUT2D eigenvalue weighted by molar-refractivity contribution is -0.116. The topological polar surface area (TPSA) is 29.1 Å². The number of carbonyl (C=O) groups is 1. The molecule has 14 heavy (non-hydrogen) atoms. The predicted octanol–water partition coefficient (Wildman–Crippen LogP) is 2.11. The first kappa shape index (κ1) is 11.1. The van der Waals surface area contributed by atoms with Crippen LogP contribution in [0.25, 0.3) is 0 Å². The zero-order valence-electron chi connectivity index (χ0n) is 7.55. The minimum absolute atomic E-state index is 0.193. The lowest BCUT2D eigenvalue weighted by Gasteiger charge is -2.11. The van der Waals surface area contributed by atoms with Crippen molar-refractivity contribution in [1.82, 2.24) is 5.32 Å². The zero-order valence-corrected chi connectivity index (χ0v) is 9.12. The maximum Gasteiger partial charge on any atom is 0.252 e. The third-order valence-corrected chi connectivity index (χ3v) is 2.37. The number of allylic oxidation sites excluding steroid dienone is 3. The highest BCUT2D eigenvalue weighted by molar-refractivity contribution is 7.81. The second-order valence-electron chi connectivity index (χ2n) is 2.77. The average molecular weight is 228 g/mol. The summed E-state index contributed by atoms with van der Waals surface area (Å²) in [5.74, 6) is -0.193. The molecule has 0 aromatic carbocycles.